The quantitative estimate of drug-likeness (QED) is 0.865. The molecule has 1 aliphatic heterocycles. The van der Waals surface area contributed by atoms with Gasteiger partial charge in [0, 0.05) is 31.0 Å². The second kappa shape index (κ2) is 7.96. The van der Waals surface area contributed by atoms with Crippen molar-refractivity contribution in [3.63, 3.8) is 0 Å². The summed E-state index contributed by atoms with van der Waals surface area (Å²) in [7, 11) is 0. The van der Waals surface area contributed by atoms with E-state index in [4.69, 9.17) is 9.47 Å². The predicted molar refractivity (Wildman–Crippen MR) is 109 cm³/mol. The monoisotopic (exact) mass is 379 g/mol. The Morgan fingerprint density at radius 2 is 1.61 bits per heavy atom. The zero-order chi connectivity index (χ0) is 18.9. The van der Waals surface area contributed by atoms with Gasteiger partial charge < -0.3 is 14.6 Å². The molecule has 1 heterocycles. The van der Waals surface area contributed by atoms with Crippen LogP contribution in [0.3, 0.4) is 0 Å². The number of ether oxygens (including phenoxy) is 2. The first-order valence-corrected chi connectivity index (χ1v) is 10.6. The molecule has 4 nitrogen and oxygen atoms in total. The average Bonchev–Trinajstić information content (AvgIpc) is 3.28. The number of aliphatic hydroxyl groups excluding tert-OH is 1. The van der Waals surface area contributed by atoms with Crippen LogP contribution in [0, 0.1) is 11.8 Å². The van der Waals surface area contributed by atoms with Crippen LogP contribution in [0.15, 0.2) is 54.6 Å². The Bertz CT molecular complexity index is 772. The molecule has 3 fully saturated rings. The zero-order valence-electron chi connectivity index (χ0n) is 16.2. The van der Waals surface area contributed by atoms with Crippen molar-refractivity contribution in [2.45, 2.75) is 37.7 Å². The van der Waals surface area contributed by atoms with Crippen LogP contribution in [0.5, 0.6) is 0 Å². The fourth-order valence-electron chi connectivity index (χ4n) is 5.49. The highest BCUT2D eigenvalue weighted by atomic mass is 16.5. The van der Waals surface area contributed by atoms with Crippen molar-refractivity contribution in [3.05, 3.63) is 60.2 Å². The maximum Gasteiger partial charge on any atom is 0.0720 e. The molecule has 2 aromatic rings. The van der Waals surface area contributed by atoms with E-state index in [-0.39, 0.29) is 12.2 Å². The number of morpholine rings is 1. The first kappa shape index (κ1) is 18.3. The van der Waals surface area contributed by atoms with Crippen molar-refractivity contribution in [1.29, 1.82) is 0 Å². The summed E-state index contributed by atoms with van der Waals surface area (Å²) in [4.78, 5) is 2.53. The molecule has 2 aromatic carbocycles. The third kappa shape index (κ3) is 3.50. The van der Waals surface area contributed by atoms with E-state index in [9.17, 15) is 5.11 Å². The number of fused-ring (bicyclic) bond motifs is 2. The Morgan fingerprint density at radius 1 is 0.893 bits per heavy atom. The van der Waals surface area contributed by atoms with Gasteiger partial charge in [-0.25, -0.2) is 0 Å². The minimum absolute atomic E-state index is 0.164. The first-order valence-electron chi connectivity index (χ1n) is 10.6. The molecule has 1 N–H and O–H groups in total. The Hall–Kier alpha value is -1.72. The third-order valence-electron chi connectivity index (χ3n) is 6.86. The number of nitrogens with zero attached hydrogens (tertiary/aromatic N) is 1. The van der Waals surface area contributed by atoms with Gasteiger partial charge in [-0.2, -0.15) is 0 Å². The van der Waals surface area contributed by atoms with E-state index in [1.807, 2.05) is 6.07 Å². The van der Waals surface area contributed by atoms with Gasteiger partial charge in [0.1, 0.15) is 0 Å². The van der Waals surface area contributed by atoms with Crippen molar-refractivity contribution in [3.8, 4) is 11.1 Å². The van der Waals surface area contributed by atoms with Gasteiger partial charge in [-0.1, -0.05) is 54.6 Å². The summed E-state index contributed by atoms with van der Waals surface area (Å²) in [5, 5.41) is 10.4. The molecule has 0 aromatic heterocycles. The van der Waals surface area contributed by atoms with Gasteiger partial charge in [0.15, 0.2) is 0 Å². The van der Waals surface area contributed by atoms with Gasteiger partial charge in [0.2, 0.25) is 0 Å². The number of hydrogen-bond donors (Lipinski definition) is 1. The standard InChI is InChI=1S/C24H29NO3/c26-22-14-21-23(15-20(22)24(21)25-10-12-27-13-11-25)28-16-17-6-8-19(9-7-17)18-4-2-1-3-5-18/h1-9,20-24,26H,10-16H2. The maximum atomic E-state index is 10.4. The fourth-order valence-corrected chi connectivity index (χ4v) is 5.49. The van der Waals surface area contributed by atoms with E-state index < -0.39 is 0 Å². The van der Waals surface area contributed by atoms with Gasteiger partial charge in [-0.3, -0.25) is 4.90 Å². The predicted octanol–water partition coefficient (Wildman–Crippen LogP) is 3.34. The molecule has 5 rings (SSSR count). The number of aliphatic hydroxyl groups is 1. The SMILES string of the molecule is OC1CC2C(OCc3ccc(-c4ccccc4)cc3)CC1C2N1CCOCC1. The van der Waals surface area contributed by atoms with E-state index >= 15 is 0 Å². The maximum absolute atomic E-state index is 10.4. The van der Waals surface area contributed by atoms with Crippen LogP contribution in [0.25, 0.3) is 11.1 Å². The smallest absolute Gasteiger partial charge is 0.0720 e. The Kier molecular flexibility index (Phi) is 5.20. The molecule has 3 aliphatic rings. The summed E-state index contributed by atoms with van der Waals surface area (Å²) in [5.41, 5.74) is 3.69. The van der Waals surface area contributed by atoms with E-state index in [1.54, 1.807) is 0 Å². The molecule has 1 saturated heterocycles. The lowest BCUT2D eigenvalue weighted by Gasteiger charge is -2.35. The van der Waals surface area contributed by atoms with Crippen LogP contribution in [0.4, 0.5) is 0 Å². The molecule has 0 amide bonds. The largest absolute Gasteiger partial charge is 0.393 e. The highest BCUT2D eigenvalue weighted by molar-refractivity contribution is 5.63. The molecule has 0 spiro atoms. The number of rotatable bonds is 5. The lowest BCUT2D eigenvalue weighted by molar-refractivity contribution is -0.0262. The highest BCUT2D eigenvalue weighted by Gasteiger charge is 2.55. The van der Waals surface area contributed by atoms with Crippen molar-refractivity contribution >= 4 is 0 Å². The molecule has 148 valence electrons. The van der Waals surface area contributed by atoms with Crippen LogP contribution < -0.4 is 0 Å². The van der Waals surface area contributed by atoms with Crippen molar-refractivity contribution in [1.82, 2.24) is 4.90 Å². The van der Waals surface area contributed by atoms with Gasteiger partial charge in [-0.15, -0.1) is 0 Å². The van der Waals surface area contributed by atoms with Crippen molar-refractivity contribution in [2.75, 3.05) is 26.3 Å². The minimum Gasteiger partial charge on any atom is -0.393 e. The lowest BCUT2D eigenvalue weighted by Crippen LogP contribution is -2.46. The summed E-state index contributed by atoms with van der Waals surface area (Å²) in [6.45, 7) is 4.24. The third-order valence-corrected chi connectivity index (χ3v) is 6.86. The van der Waals surface area contributed by atoms with Crippen molar-refractivity contribution < 1.29 is 14.6 Å². The van der Waals surface area contributed by atoms with Crippen molar-refractivity contribution in [2.24, 2.45) is 11.8 Å². The Morgan fingerprint density at radius 3 is 2.36 bits per heavy atom. The van der Waals surface area contributed by atoms with Crippen LogP contribution in [-0.2, 0) is 16.1 Å². The molecule has 2 saturated carbocycles. The molecule has 28 heavy (non-hydrogen) atoms. The Balaban J connectivity index is 1.21. The molecule has 2 bridgehead atoms. The van der Waals surface area contributed by atoms with Gasteiger partial charge in [0.05, 0.1) is 32.0 Å². The zero-order valence-corrected chi connectivity index (χ0v) is 16.2. The highest BCUT2D eigenvalue weighted by Crippen LogP contribution is 2.49. The van der Waals surface area contributed by atoms with E-state index in [0.717, 1.165) is 39.1 Å². The summed E-state index contributed by atoms with van der Waals surface area (Å²) in [5.74, 6) is 0.801. The van der Waals surface area contributed by atoms with Gasteiger partial charge in [-0.05, 0) is 29.5 Å². The summed E-state index contributed by atoms with van der Waals surface area (Å²) < 4.78 is 11.9. The number of hydrogen-bond acceptors (Lipinski definition) is 4. The molecular weight excluding hydrogens is 350 g/mol. The fraction of sp³-hybridized carbons (Fsp3) is 0.500. The Labute approximate surface area is 167 Å². The second-order valence-corrected chi connectivity index (χ2v) is 8.42. The first-order chi connectivity index (χ1) is 13.8. The lowest BCUT2D eigenvalue weighted by atomic mass is 9.95. The van der Waals surface area contributed by atoms with Crippen LogP contribution >= 0.6 is 0 Å². The van der Waals surface area contributed by atoms with Crippen LogP contribution in [-0.4, -0.2) is 54.6 Å². The molecule has 4 heteroatoms. The molecule has 5 unspecified atom stereocenters. The average molecular weight is 380 g/mol. The van der Waals surface area contributed by atoms with E-state index in [1.165, 1.54) is 16.7 Å². The summed E-state index contributed by atoms with van der Waals surface area (Å²) >= 11 is 0. The van der Waals surface area contributed by atoms with Gasteiger partial charge >= 0.3 is 0 Å². The van der Waals surface area contributed by atoms with Crippen LogP contribution in [0.2, 0.25) is 0 Å². The summed E-state index contributed by atoms with van der Waals surface area (Å²) in [6.07, 6.45) is 1.96. The van der Waals surface area contributed by atoms with E-state index in [0.29, 0.717) is 24.5 Å². The minimum atomic E-state index is -0.164. The molecule has 2 aliphatic carbocycles. The number of benzene rings is 2. The molecule has 0 radical (unpaired) electrons. The summed E-state index contributed by atoms with van der Waals surface area (Å²) in [6, 6.07) is 19.6. The molecule has 5 atom stereocenters. The van der Waals surface area contributed by atoms with Gasteiger partial charge in [0.25, 0.3) is 0 Å². The van der Waals surface area contributed by atoms with Crippen LogP contribution in [0.1, 0.15) is 18.4 Å². The van der Waals surface area contributed by atoms with E-state index in [2.05, 4.69) is 53.4 Å². The second-order valence-electron chi connectivity index (χ2n) is 8.42. The molecular formula is C24H29NO3. The topological polar surface area (TPSA) is 41.9 Å². The normalized spacial score (nSPS) is 32.7.